The van der Waals surface area contributed by atoms with Gasteiger partial charge >= 0.3 is 5.97 Å². The minimum absolute atomic E-state index is 0. The Balaban J connectivity index is 0.000000204. The number of benzene rings is 4. The maximum atomic E-state index is 13.5. The van der Waals surface area contributed by atoms with Gasteiger partial charge in [0, 0.05) is 86.2 Å². The number of amides is 1. The number of nitrogens with one attached hydrogen (secondary N) is 1. The largest absolute Gasteiger partial charge is 0.493 e. The number of fused-ring (bicyclic) bond motifs is 4. The molecule has 0 fully saturated rings. The molecule has 75 heavy (non-hydrogen) atoms. The maximum Gasteiger partial charge on any atom is 0.337 e. The quantitative estimate of drug-likeness (QED) is 0.115. The number of aromatic carboxylic acids is 1. The molecule has 0 saturated heterocycles. The number of carboxylic acids is 1. The Morgan fingerprint density at radius 2 is 1.05 bits per heavy atom. The molecule has 2 atom stereocenters. The van der Waals surface area contributed by atoms with Crippen LogP contribution in [0.4, 0.5) is 0 Å². The van der Waals surface area contributed by atoms with Crippen LogP contribution < -0.4 is 20.5 Å². The second-order valence-corrected chi connectivity index (χ2v) is 19.8. The molecule has 21 heteroatoms. The molecule has 4 aromatic carbocycles. The van der Waals surface area contributed by atoms with Crippen LogP contribution in [0, 0.1) is 0 Å². The van der Waals surface area contributed by atoms with Gasteiger partial charge in [-0.3, -0.25) is 14.4 Å². The first-order valence-electron chi connectivity index (χ1n) is 23.3. The highest BCUT2D eigenvalue weighted by atomic mass is 35.5. The number of rotatable bonds is 9. The molecule has 0 spiro atoms. The number of imidazole rings is 2. The first-order valence-corrected chi connectivity index (χ1v) is 24.8. The van der Waals surface area contributed by atoms with Crippen LogP contribution in [0.5, 0.6) is 11.5 Å². The molecular formula is C54H54Cl4N8O7S2. The van der Waals surface area contributed by atoms with Crippen molar-refractivity contribution in [1.29, 1.82) is 0 Å². The number of aromatic nitrogens is 6. The van der Waals surface area contributed by atoms with E-state index in [1.165, 1.54) is 30.8 Å². The second-order valence-electron chi connectivity index (χ2n) is 18.1. The van der Waals surface area contributed by atoms with E-state index in [9.17, 15) is 24.3 Å². The van der Waals surface area contributed by atoms with Gasteiger partial charge in [0.25, 0.3) is 5.91 Å². The summed E-state index contributed by atoms with van der Waals surface area (Å²) in [6, 6.07) is 25.6. The second kappa shape index (κ2) is 24.7. The Bertz CT molecular complexity index is 3440. The van der Waals surface area contributed by atoms with Crippen molar-refractivity contribution in [3.05, 3.63) is 162 Å². The standard InChI is InChI=1S/C27H24Cl2N4O3.C18H15Cl2N3O3.C9H11NO.2H2S/c1-14(2)23-20(27(35)31-21-8-9-36-22-7-5-4-6-19(21)22)13-30-33-25(24(15(3)34)32-26(23)33)16-10-17(28)12-18(29)11-16;1-8(2)14-13(18(25)26)7-21-23-16(15(9(3)24)22-17(14)23)10-4-11(19)6-12(20)5-10;10-8-5-6-11-9-4-2-1-3-7(8)9;;/h4-7,10-14,21H,8-9H2,1-3H3,(H,31,35);4-8H,1-3H3,(H,25,26);1-4,8H,5-6,10H2;2*1H2/t21-;;8-;;/m0.0../s1. The third kappa shape index (κ3) is 12.4. The van der Waals surface area contributed by atoms with E-state index in [-0.39, 0.29) is 85.3 Å². The summed E-state index contributed by atoms with van der Waals surface area (Å²) in [4.78, 5) is 59.0. The maximum absolute atomic E-state index is 13.5. The average Bonchev–Trinajstić information content (AvgIpc) is 3.94. The number of ketones is 2. The Morgan fingerprint density at radius 1 is 0.640 bits per heavy atom. The van der Waals surface area contributed by atoms with E-state index in [1.807, 2.05) is 76.2 Å². The van der Waals surface area contributed by atoms with Crippen LogP contribution >= 0.6 is 73.4 Å². The fraction of sp³-hybridized carbons (Fsp3) is 0.259. The molecule has 4 N–H and O–H groups in total. The van der Waals surface area contributed by atoms with E-state index in [0.717, 1.165) is 35.7 Å². The summed E-state index contributed by atoms with van der Waals surface area (Å²) in [5, 5.41) is 23.1. The van der Waals surface area contributed by atoms with Gasteiger partial charge in [-0.25, -0.2) is 23.8 Å². The van der Waals surface area contributed by atoms with E-state index in [0.29, 0.717) is 83.6 Å². The summed E-state index contributed by atoms with van der Waals surface area (Å²) in [6.07, 6.45) is 4.39. The summed E-state index contributed by atoms with van der Waals surface area (Å²) < 4.78 is 14.2. The SMILES string of the molecule is CC(=O)c1nc2c(C(C)C)c(C(=O)N[C@H]3CCOc4ccccc43)cnn2c1-c1cc(Cl)cc(Cl)c1.CC(=O)c1nc2c(C(C)C)c(C(=O)O)cnn2c1-c1cc(Cl)cc(Cl)c1.N[C@H]1CCOc2ccccc21.S.S. The van der Waals surface area contributed by atoms with Crippen molar-refractivity contribution in [3.63, 3.8) is 0 Å². The van der Waals surface area contributed by atoms with E-state index in [4.69, 9.17) is 61.6 Å². The van der Waals surface area contributed by atoms with Gasteiger partial charge in [-0.2, -0.15) is 37.2 Å². The molecule has 392 valence electrons. The van der Waals surface area contributed by atoms with Crippen LogP contribution in [0.25, 0.3) is 33.8 Å². The minimum Gasteiger partial charge on any atom is -0.493 e. The molecule has 0 bridgehead atoms. The van der Waals surface area contributed by atoms with Crippen molar-refractivity contribution in [3.8, 4) is 34.0 Å². The highest BCUT2D eigenvalue weighted by molar-refractivity contribution is 7.59. The van der Waals surface area contributed by atoms with Gasteiger partial charge in [-0.05, 0) is 60.4 Å². The number of nitrogens with two attached hydrogens (primary N) is 1. The Labute approximate surface area is 466 Å². The van der Waals surface area contributed by atoms with E-state index in [2.05, 4.69) is 25.5 Å². The molecular weight excluding hydrogens is 1080 g/mol. The van der Waals surface area contributed by atoms with Gasteiger partial charge in [-0.15, -0.1) is 0 Å². The fourth-order valence-electron chi connectivity index (χ4n) is 8.99. The van der Waals surface area contributed by atoms with E-state index in [1.54, 1.807) is 40.9 Å². The molecule has 1 amide bonds. The summed E-state index contributed by atoms with van der Waals surface area (Å²) in [5.41, 5.74) is 12.9. The number of nitrogens with zero attached hydrogens (tertiary/aromatic N) is 6. The van der Waals surface area contributed by atoms with Crippen molar-refractivity contribution < 1.29 is 33.8 Å². The van der Waals surface area contributed by atoms with Crippen LogP contribution in [0.3, 0.4) is 0 Å². The summed E-state index contributed by atoms with van der Waals surface area (Å²) >= 11 is 24.7. The highest BCUT2D eigenvalue weighted by Crippen LogP contribution is 2.37. The first kappa shape index (κ1) is 58.1. The van der Waals surface area contributed by atoms with Crippen molar-refractivity contribution in [2.24, 2.45) is 5.73 Å². The lowest BCUT2D eigenvalue weighted by Gasteiger charge is -2.27. The normalized spacial score (nSPS) is 14.4. The zero-order valence-electron chi connectivity index (χ0n) is 41.5. The number of Topliss-reactive ketones (excluding diaryl/α,β-unsaturated/α-hetero) is 2. The lowest BCUT2D eigenvalue weighted by molar-refractivity contribution is 0.0693. The minimum atomic E-state index is -1.09. The number of carbonyl (C=O) groups is 4. The first-order chi connectivity index (χ1) is 34.8. The van der Waals surface area contributed by atoms with Gasteiger partial charge in [0.15, 0.2) is 22.9 Å². The third-order valence-corrected chi connectivity index (χ3v) is 13.1. The zero-order chi connectivity index (χ0) is 52.4. The predicted octanol–water partition coefficient (Wildman–Crippen LogP) is 12.7. The van der Waals surface area contributed by atoms with E-state index >= 15 is 0 Å². The fourth-order valence-corrected chi connectivity index (χ4v) is 10.0. The van der Waals surface area contributed by atoms with Crippen molar-refractivity contribution in [2.75, 3.05) is 13.2 Å². The number of hydrogen-bond acceptors (Lipinski definition) is 11. The number of ether oxygens (including phenoxy) is 2. The van der Waals surface area contributed by atoms with Gasteiger partial charge in [0.05, 0.1) is 42.8 Å². The summed E-state index contributed by atoms with van der Waals surface area (Å²) in [7, 11) is 0. The van der Waals surface area contributed by atoms with Crippen molar-refractivity contribution in [2.45, 2.75) is 78.3 Å². The molecule has 0 saturated carbocycles. The summed E-state index contributed by atoms with van der Waals surface area (Å²) in [5.74, 6) is -0.333. The number of halogens is 4. The molecule has 10 rings (SSSR count). The lowest BCUT2D eigenvalue weighted by Crippen LogP contribution is -2.33. The monoisotopic (exact) mass is 1130 g/mol. The van der Waals surface area contributed by atoms with Crippen molar-refractivity contribution >= 4 is 108 Å². The molecule has 2 aliphatic heterocycles. The molecule has 0 unspecified atom stereocenters. The molecule has 4 aromatic heterocycles. The summed E-state index contributed by atoms with van der Waals surface area (Å²) in [6.45, 7) is 11.8. The van der Waals surface area contributed by atoms with Crippen LogP contribution in [-0.4, -0.2) is 71.0 Å². The van der Waals surface area contributed by atoms with Crippen LogP contribution in [0.15, 0.2) is 97.3 Å². The molecule has 2 aliphatic rings. The van der Waals surface area contributed by atoms with E-state index < -0.39 is 5.97 Å². The van der Waals surface area contributed by atoms with Gasteiger partial charge in [-0.1, -0.05) is 110 Å². The highest BCUT2D eigenvalue weighted by Gasteiger charge is 2.30. The number of hydrogen-bond donors (Lipinski definition) is 3. The topological polar surface area (TPSA) is 205 Å². The smallest absolute Gasteiger partial charge is 0.337 e. The number of carbonyl (C=O) groups excluding carboxylic acids is 3. The molecule has 8 aromatic rings. The van der Waals surface area contributed by atoms with Gasteiger partial charge in [0.1, 0.15) is 34.3 Å². The lowest BCUT2D eigenvalue weighted by atomic mass is 9.97. The Kier molecular flexibility index (Phi) is 19.1. The third-order valence-electron chi connectivity index (χ3n) is 12.2. The molecule has 15 nitrogen and oxygen atoms in total. The van der Waals surface area contributed by atoms with Gasteiger partial charge in [0.2, 0.25) is 0 Å². The Hall–Kier alpha value is -6.18. The molecule has 0 radical (unpaired) electrons. The average molecular weight is 1130 g/mol. The zero-order valence-corrected chi connectivity index (χ0v) is 46.6. The van der Waals surface area contributed by atoms with Crippen molar-refractivity contribution in [1.82, 2.24) is 34.5 Å². The number of carboxylic acid groups (broad SMARTS) is 1. The van der Waals surface area contributed by atoms with Crippen LogP contribution in [-0.2, 0) is 0 Å². The van der Waals surface area contributed by atoms with Crippen LogP contribution in [0.2, 0.25) is 20.1 Å². The predicted molar refractivity (Wildman–Crippen MR) is 303 cm³/mol. The number of para-hydroxylation sites is 2. The molecule has 0 aliphatic carbocycles. The molecule has 6 heterocycles. The van der Waals surface area contributed by atoms with Crippen LogP contribution in [0.1, 0.15) is 142 Å². The Morgan fingerprint density at radius 3 is 1.49 bits per heavy atom. The van der Waals surface area contributed by atoms with Gasteiger partial charge < -0.3 is 25.6 Å².